The van der Waals surface area contributed by atoms with Crippen molar-refractivity contribution in [1.29, 1.82) is 0 Å². The highest BCUT2D eigenvalue weighted by Gasteiger charge is 2.31. The van der Waals surface area contributed by atoms with Crippen molar-refractivity contribution in [3.05, 3.63) is 60.2 Å². The topological polar surface area (TPSA) is 105 Å². The van der Waals surface area contributed by atoms with E-state index in [-0.39, 0.29) is 4.90 Å². The highest BCUT2D eigenvalue weighted by Crippen LogP contribution is 2.24. The number of amides is 1. The molecule has 11 heteroatoms. The van der Waals surface area contributed by atoms with Crippen LogP contribution in [0.25, 0.3) is 0 Å². The number of rotatable bonds is 7. The SMILES string of the molecule is C[C@@H](NS(=O)(=O)c1ccc(OC(F)(F)F)cc1)[C@@H](NC(=O)O)c1ccccc1. The van der Waals surface area contributed by atoms with Crippen molar-refractivity contribution in [3.8, 4) is 5.75 Å². The molecule has 0 heterocycles. The Balaban J connectivity index is 2.20. The van der Waals surface area contributed by atoms with Crippen LogP contribution in [0.5, 0.6) is 5.75 Å². The molecule has 0 spiro atoms. The Labute approximate surface area is 159 Å². The Hall–Kier alpha value is -2.79. The summed E-state index contributed by atoms with van der Waals surface area (Å²) in [5.74, 6) is -0.561. The van der Waals surface area contributed by atoms with Gasteiger partial charge in [0.1, 0.15) is 5.75 Å². The molecule has 0 saturated heterocycles. The third-order valence-electron chi connectivity index (χ3n) is 3.65. The highest BCUT2D eigenvalue weighted by molar-refractivity contribution is 7.89. The first-order chi connectivity index (χ1) is 13.0. The van der Waals surface area contributed by atoms with E-state index < -0.39 is 40.3 Å². The first kappa shape index (κ1) is 21.5. The number of carbonyl (C=O) groups is 1. The molecule has 0 aliphatic carbocycles. The van der Waals surface area contributed by atoms with Gasteiger partial charge >= 0.3 is 12.5 Å². The van der Waals surface area contributed by atoms with Crippen LogP contribution in [0.1, 0.15) is 18.5 Å². The van der Waals surface area contributed by atoms with E-state index in [9.17, 15) is 26.4 Å². The molecule has 28 heavy (non-hydrogen) atoms. The van der Waals surface area contributed by atoms with Crippen LogP contribution in [-0.4, -0.2) is 32.0 Å². The fourth-order valence-corrected chi connectivity index (χ4v) is 3.75. The third-order valence-corrected chi connectivity index (χ3v) is 5.22. The van der Waals surface area contributed by atoms with Gasteiger partial charge in [0.15, 0.2) is 0 Å². The molecule has 1 amide bonds. The molecule has 0 radical (unpaired) electrons. The molecule has 0 aliphatic heterocycles. The van der Waals surface area contributed by atoms with Gasteiger partial charge in [0.2, 0.25) is 10.0 Å². The van der Waals surface area contributed by atoms with Crippen molar-refractivity contribution >= 4 is 16.1 Å². The summed E-state index contributed by atoms with van der Waals surface area (Å²) in [6, 6.07) is 10.2. The van der Waals surface area contributed by atoms with Crippen molar-refractivity contribution in [2.24, 2.45) is 0 Å². The second-order valence-electron chi connectivity index (χ2n) is 5.77. The van der Waals surface area contributed by atoms with Crippen LogP contribution < -0.4 is 14.8 Å². The second-order valence-corrected chi connectivity index (χ2v) is 7.48. The Morgan fingerprint density at radius 3 is 2.14 bits per heavy atom. The van der Waals surface area contributed by atoms with Gasteiger partial charge in [-0.15, -0.1) is 13.2 Å². The normalized spacial score (nSPS) is 14.1. The molecule has 2 atom stereocenters. The summed E-state index contributed by atoms with van der Waals surface area (Å²) < 4.78 is 67.6. The van der Waals surface area contributed by atoms with E-state index in [0.717, 1.165) is 24.3 Å². The first-order valence-corrected chi connectivity index (χ1v) is 9.39. The van der Waals surface area contributed by atoms with Crippen LogP contribution in [0.2, 0.25) is 0 Å². The average Bonchev–Trinajstić information content (AvgIpc) is 2.59. The molecule has 0 unspecified atom stereocenters. The average molecular weight is 418 g/mol. The minimum Gasteiger partial charge on any atom is -0.465 e. The number of hydrogen-bond donors (Lipinski definition) is 3. The number of alkyl halides is 3. The zero-order chi connectivity index (χ0) is 20.9. The number of benzene rings is 2. The molecule has 7 nitrogen and oxygen atoms in total. The zero-order valence-corrected chi connectivity index (χ0v) is 15.3. The lowest BCUT2D eigenvalue weighted by Gasteiger charge is -2.25. The van der Waals surface area contributed by atoms with Gasteiger partial charge in [-0.05, 0) is 36.8 Å². The van der Waals surface area contributed by atoms with Crippen LogP contribution in [-0.2, 0) is 10.0 Å². The van der Waals surface area contributed by atoms with Gasteiger partial charge in [0, 0.05) is 6.04 Å². The van der Waals surface area contributed by atoms with Crippen molar-refractivity contribution in [1.82, 2.24) is 10.0 Å². The molecule has 2 aromatic rings. The van der Waals surface area contributed by atoms with Gasteiger partial charge in [-0.1, -0.05) is 30.3 Å². The van der Waals surface area contributed by atoms with Crippen LogP contribution in [0.4, 0.5) is 18.0 Å². The van der Waals surface area contributed by atoms with E-state index in [0.29, 0.717) is 5.56 Å². The van der Waals surface area contributed by atoms with Gasteiger partial charge < -0.3 is 15.2 Å². The fourth-order valence-electron chi connectivity index (χ4n) is 2.49. The van der Waals surface area contributed by atoms with E-state index >= 15 is 0 Å². The van der Waals surface area contributed by atoms with Gasteiger partial charge in [-0.2, -0.15) is 0 Å². The molecule has 2 aromatic carbocycles. The summed E-state index contributed by atoms with van der Waals surface area (Å²) in [6.07, 6.45) is -6.23. The molecule has 0 bridgehead atoms. The second kappa shape index (κ2) is 8.48. The lowest BCUT2D eigenvalue weighted by Crippen LogP contribution is -2.44. The van der Waals surface area contributed by atoms with Crippen LogP contribution in [0, 0.1) is 0 Å². The Morgan fingerprint density at radius 1 is 1.07 bits per heavy atom. The molecule has 0 saturated carbocycles. The van der Waals surface area contributed by atoms with Crippen molar-refractivity contribution < 1.29 is 36.2 Å². The number of carboxylic acid groups (broad SMARTS) is 1. The fraction of sp³-hybridized carbons (Fsp3) is 0.235. The Kier molecular flexibility index (Phi) is 6.52. The van der Waals surface area contributed by atoms with Crippen LogP contribution >= 0.6 is 0 Å². The predicted octanol–water partition coefficient (Wildman–Crippen LogP) is 3.26. The lowest BCUT2D eigenvalue weighted by atomic mass is 10.0. The predicted molar refractivity (Wildman–Crippen MR) is 93.3 cm³/mol. The summed E-state index contributed by atoms with van der Waals surface area (Å²) in [7, 11) is -4.13. The molecule has 0 aromatic heterocycles. The number of hydrogen-bond acceptors (Lipinski definition) is 4. The molecular formula is C17H17F3N2O5S. The van der Waals surface area contributed by atoms with E-state index in [1.54, 1.807) is 30.3 Å². The lowest BCUT2D eigenvalue weighted by molar-refractivity contribution is -0.274. The smallest absolute Gasteiger partial charge is 0.465 e. The molecule has 2 rings (SSSR count). The maximum Gasteiger partial charge on any atom is 0.573 e. The van der Waals surface area contributed by atoms with Crippen molar-refractivity contribution in [2.75, 3.05) is 0 Å². The van der Waals surface area contributed by atoms with Gasteiger partial charge in [0.05, 0.1) is 10.9 Å². The van der Waals surface area contributed by atoms with E-state index in [4.69, 9.17) is 5.11 Å². The minimum absolute atomic E-state index is 0.295. The minimum atomic E-state index is -4.89. The summed E-state index contributed by atoms with van der Waals surface area (Å²) in [4.78, 5) is 10.8. The summed E-state index contributed by atoms with van der Waals surface area (Å²) in [5, 5.41) is 11.3. The van der Waals surface area contributed by atoms with Crippen LogP contribution in [0.3, 0.4) is 0 Å². The highest BCUT2D eigenvalue weighted by atomic mass is 32.2. The third kappa shape index (κ3) is 6.13. The molecule has 3 N–H and O–H groups in total. The Morgan fingerprint density at radius 2 is 1.64 bits per heavy atom. The van der Waals surface area contributed by atoms with E-state index in [1.807, 2.05) is 0 Å². The molecule has 0 aliphatic rings. The van der Waals surface area contributed by atoms with E-state index in [1.165, 1.54) is 6.92 Å². The van der Waals surface area contributed by atoms with Gasteiger partial charge in [-0.25, -0.2) is 17.9 Å². The summed E-state index contributed by atoms with van der Waals surface area (Å²) >= 11 is 0. The number of halogens is 3. The summed E-state index contributed by atoms with van der Waals surface area (Å²) in [5.41, 5.74) is 0.536. The first-order valence-electron chi connectivity index (χ1n) is 7.90. The van der Waals surface area contributed by atoms with Crippen LogP contribution in [0.15, 0.2) is 59.5 Å². The molecule has 0 fully saturated rings. The number of nitrogens with one attached hydrogen (secondary N) is 2. The quantitative estimate of drug-likeness (QED) is 0.640. The number of ether oxygens (including phenoxy) is 1. The van der Waals surface area contributed by atoms with Gasteiger partial charge in [-0.3, -0.25) is 0 Å². The maximum absolute atomic E-state index is 12.5. The zero-order valence-electron chi connectivity index (χ0n) is 14.5. The largest absolute Gasteiger partial charge is 0.573 e. The monoisotopic (exact) mass is 418 g/mol. The summed E-state index contributed by atoms with van der Waals surface area (Å²) in [6.45, 7) is 1.46. The maximum atomic E-state index is 12.5. The molecular weight excluding hydrogens is 401 g/mol. The van der Waals surface area contributed by atoms with Crippen molar-refractivity contribution in [2.45, 2.75) is 30.3 Å². The molecule has 152 valence electrons. The standard InChI is InChI=1S/C17H17F3N2O5S/c1-11(15(21-16(23)24)12-5-3-2-4-6-12)22-28(25,26)14-9-7-13(8-10-14)27-17(18,19)20/h2-11,15,21-22H,1H3,(H,23,24)/t11-,15-/m1/s1. The number of sulfonamides is 1. The van der Waals surface area contributed by atoms with Crippen molar-refractivity contribution in [3.63, 3.8) is 0 Å². The van der Waals surface area contributed by atoms with E-state index in [2.05, 4.69) is 14.8 Å². The Bertz CT molecular complexity index is 903. The van der Waals surface area contributed by atoms with Gasteiger partial charge in [0.25, 0.3) is 0 Å².